The fraction of sp³-hybridized carbons (Fsp3) is 0.851. The fourth-order valence-electron chi connectivity index (χ4n) is 5.30. The van der Waals surface area contributed by atoms with Crippen molar-refractivity contribution in [1.29, 1.82) is 0 Å². The van der Waals surface area contributed by atoms with Crippen LogP contribution in [0.25, 0.3) is 0 Å². The van der Waals surface area contributed by atoms with Gasteiger partial charge in [-0.2, -0.15) is 0 Å². The first kappa shape index (κ1) is 71.9. The number of urea groups is 1. The summed E-state index contributed by atoms with van der Waals surface area (Å²) in [6.07, 6.45) is 4.87. The number of nitrogens with one attached hydrogen (secondary N) is 5. The molecule has 0 aliphatic carbocycles. The molecule has 25 heteroatoms. The van der Waals surface area contributed by atoms with Gasteiger partial charge in [-0.3, -0.25) is 19.2 Å². The summed E-state index contributed by atoms with van der Waals surface area (Å²) in [7, 11) is 0. The summed E-state index contributed by atoms with van der Waals surface area (Å²) in [5, 5.41) is 39.4. The topological polar surface area (TPSA) is 333 Å². The number of amides is 5. The number of unbranched alkanes of at least 4 members (excludes halogenated alkanes) is 4. The predicted octanol–water partition coefficient (Wildman–Crippen LogP) is 1.76. The third-order valence-corrected chi connectivity index (χ3v) is 8.81. The normalized spacial score (nSPS) is 11.4. The Morgan fingerprint density at radius 1 is 0.417 bits per heavy atom. The number of ether oxygens (including phenoxy) is 10. The van der Waals surface area contributed by atoms with Crippen molar-refractivity contribution < 1.29 is 96.2 Å². The van der Waals surface area contributed by atoms with Crippen LogP contribution in [0.3, 0.4) is 0 Å². The van der Waals surface area contributed by atoms with Crippen molar-refractivity contribution in [3.8, 4) is 0 Å². The monoisotopic (exact) mass is 1050 g/mol. The molecule has 0 aliphatic heterocycles. The maximum atomic E-state index is 12.2. The lowest BCUT2D eigenvalue weighted by Crippen LogP contribution is -2.51. The molecule has 0 aromatic rings. The van der Waals surface area contributed by atoms with Crippen LogP contribution in [0.2, 0.25) is 0 Å². The second kappa shape index (κ2) is 59.3. The first-order chi connectivity index (χ1) is 35.0. The van der Waals surface area contributed by atoms with Crippen molar-refractivity contribution >= 4 is 42.2 Å². The van der Waals surface area contributed by atoms with Gasteiger partial charge < -0.3 is 89.3 Å². The summed E-state index contributed by atoms with van der Waals surface area (Å²) in [4.78, 5) is 79.8. The van der Waals surface area contributed by atoms with E-state index in [-0.39, 0.29) is 25.2 Å². The van der Waals surface area contributed by atoms with Crippen LogP contribution in [0.15, 0.2) is 0 Å². The van der Waals surface area contributed by atoms with Gasteiger partial charge in [-0.15, -0.1) is 0 Å². The maximum Gasteiger partial charge on any atom is 0.326 e. The zero-order valence-corrected chi connectivity index (χ0v) is 43.6. The van der Waals surface area contributed by atoms with Gasteiger partial charge in [-0.05, 0) is 25.7 Å². The van der Waals surface area contributed by atoms with Crippen LogP contribution in [-0.4, -0.2) is 221 Å². The summed E-state index contributed by atoms with van der Waals surface area (Å²) < 4.78 is 54.4. The van der Waals surface area contributed by atoms with Crippen molar-refractivity contribution in [2.45, 2.75) is 110 Å². The summed E-state index contributed by atoms with van der Waals surface area (Å²) >= 11 is 0. The minimum atomic E-state index is -1.52. The van der Waals surface area contributed by atoms with Gasteiger partial charge in [0, 0.05) is 38.9 Å². The second-order valence-electron chi connectivity index (χ2n) is 15.0. The van der Waals surface area contributed by atoms with Crippen molar-refractivity contribution in [2.24, 2.45) is 0 Å². The molecule has 2 atom stereocenters. The smallest absolute Gasteiger partial charge is 0.326 e. The summed E-state index contributed by atoms with van der Waals surface area (Å²) in [5.41, 5.74) is 0. The van der Waals surface area contributed by atoms with E-state index >= 15 is 0 Å². The van der Waals surface area contributed by atoms with Crippen LogP contribution in [0.4, 0.5) is 4.79 Å². The highest BCUT2D eigenvalue weighted by molar-refractivity contribution is 5.86. The first-order valence-corrected chi connectivity index (χ1v) is 25.2. The molecule has 0 saturated heterocycles. The van der Waals surface area contributed by atoms with Gasteiger partial charge >= 0.3 is 23.9 Å². The van der Waals surface area contributed by atoms with E-state index < -0.39 is 48.4 Å². The molecule has 0 saturated carbocycles. The van der Waals surface area contributed by atoms with Crippen LogP contribution in [0, 0.1) is 0 Å². The number of carbonyl (C=O) groups excluding carboxylic acids is 4. The van der Waals surface area contributed by atoms with Gasteiger partial charge in [0.15, 0.2) is 0 Å². The van der Waals surface area contributed by atoms with Gasteiger partial charge in [0.25, 0.3) is 0 Å². The van der Waals surface area contributed by atoms with E-state index in [2.05, 4.69) is 35.1 Å². The molecule has 424 valence electrons. The van der Waals surface area contributed by atoms with E-state index in [0.717, 1.165) is 25.7 Å². The quantitative estimate of drug-likeness (QED) is 0.0318. The Balaban J connectivity index is -0.00000914. The molecule has 5 amide bonds. The lowest BCUT2D eigenvalue weighted by molar-refractivity contribution is -0.141. The van der Waals surface area contributed by atoms with E-state index in [4.69, 9.17) is 57.6 Å². The van der Waals surface area contributed by atoms with Crippen LogP contribution >= 0.6 is 0 Å². The van der Waals surface area contributed by atoms with Crippen LogP contribution in [0.1, 0.15) is 98.3 Å². The Morgan fingerprint density at radius 2 is 0.722 bits per heavy atom. The number of carboxylic acid groups (broad SMARTS) is 3. The molecule has 0 radical (unpaired) electrons. The molecule has 0 fully saturated rings. The van der Waals surface area contributed by atoms with E-state index in [1.54, 1.807) is 0 Å². The van der Waals surface area contributed by atoms with Gasteiger partial charge in [-0.25, -0.2) is 14.4 Å². The average molecular weight is 1050 g/mol. The molecule has 0 bridgehead atoms. The maximum absolute atomic E-state index is 12.2. The molecular weight excluding hydrogens is 955 g/mol. The number of carbonyl (C=O) groups is 7. The standard InChI is InChI=1S/C42H77N5O20.C3H8.C2H6/c48-34-43-12-14-58-16-18-60-20-22-62-24-26-64-28-30-66-32-33-67-31-29-65-27-25-63-23-21-61-19-17-59-15-13-45-37(49)6-4-2-1-3-5-11-44-38(50)9-7-35(40(53)54)46-42(57)47-36(41(55)56)8-10-39(51)52;1-3-2;1-2/h34-36H,1-33H2,(H,43,48)(H,44,50)(H,45,49)(H,51,52)(H,53,54)(H,55,56)(H2,46,47,57);3H2,1-2H3;1-2H3. The van der Waals surface area contributed by atoms with Gasteiger partial charge in [0.1, 0.15) is 12.1 Å². The van der Waals surface area contributed by atoms with E-state index in [0.29, 0.717) is 171 Å². The van der Waals surface area contributed by atoms with Gasteiger partial charge in [0.2, 0.25) is 18.2 Å². The molecule has 2 unspecified atom stereocenters. The summed E-state index contributed by atoms with van der Waals surface area (Å²) in [6.45, 7) is 18.4. The third-order valence-electron chi connectivity index (χ3n) is 8.81. The largest absolute Gasteiger partial charge is 0.481 e. The summed E-state index contributed by atoms with van der Waals surface area (Å²) in [6, 6.07) is -4.09. The molecule has 0 aromatic carbocycles. The zero-order valence-electron chi connectivity index (χ0n) is 43.6. The highest BCUT2D eigenvalue weighted by atomic mass is 16.6. The van der Waals surface area contributed by atoms with Crippen molar-refractivity contribution in [2.75, 3.05) is 152 Å². The molecule has 25 nitrogen and oxygen atoms in total. The van der Waals surface area contributed by atoms with Crippen LogP contribution in [-0.2, 0) is 76.1 Å². The number of rotatable bonds is 52. The predicted molar refractivity (Wildman–Crippen MR) is 264 cm³/mol. The molecule has 0 heterocycles. The molecule has 0 spiro atoms. The van der Waals surface area contributed by atoms with Crippen LogP contribution in [0.5, 0.6) is 0 Å². The van der Waals surface area contributed by atoms with Crippen molar-refractivity contribution in [3.63, 3.8) is 0 Å². The minimum absolute atomic E-state index is 0.0596. The SMILES string of the molecule is CC.CCC.O=CNCCOCCOCCOCCOCCOCCOCCOCCOCCOCCOCCNC(=O)CCCCCCCNC(=O)CCC(NC(=O)NC(CCC(=O)O)C(=O)O)C(=O)O. The highest BCUT2D eigenvalue weighted by Gasteiger charge is 2.25. The number of hydrogen-bond donors (Lipinski definition) is 8. The van der Waals surface area contributed by atoms with Crippen LogP contribution < -0.4 is 26.6 Å². The number of carboxylic acids is 3. The van der Waals surface area contributed by atoms with E-state index in [9.17, 15) is 38.7 Å². The first-order valence-electron chi connectivity index (χ1n) is 25.2. The Bertz CT molecular complexity index is 1290. The molecular formula is C47H91N5O20. The number of hydrogen-bond acceptors (Lipinski definition) is 17. The zero-order chi connectivity index (χ0) is 54.0. The molecule has 0 aliphatic rings. The lowest BCUT2D eigenvalue weighted by Gasteiger charge is -2.18. The number of aliphatic carboxylic acids is 3. The Hall–Kier alpha value is -4.31. The highest BCUT2D eigenvalue weighted by Crippen LogP contribution is 2.06. The van der Waals surface area contributed by atoms with E-state index in [1.165, 1.54) is 6.42 Å². The fourth-order valence-corrected chi connectivity index (χ4v) is 5.30. The van der Waals surface area contributed by atoms with E-state index in [1.807, 2.05) is 19.2 Å². The van der Waals surface area contributed by atoms with Gasteiger partial charge in [0.05, 0.1) is 132 Å². The Morgan fingerprint density at radius 3 is 1.08 bits per heavy atom. The average Bonchev–Trinajstić information content (AvgIpc) is 3.35. The summed E-state index contributed by atoms with van der Waals surface area (Å²) in [5.74, 6) is -4.61. The molecule has 8 N–H and O–H groups in total. The second-order valence-corrected chi connectivity index (χ2v) is 15.0. The Labute approximate surface area is 426 Å². The molecule has 0 rings (SSSR count). The van der Waals surface area contributed by atoms with Crippen molar-refractivity contribution in [1.82, 2.24) is 26.6 Å². The Kier molecular flexibility index (Phi) is 59.2. The van der Waals surface area contributed by atoms with Crippen molar-refractivity contribution in [3.05, 3.63) is 0 Å². The molecule has 0 aromatic heterocycles. The molecule has 72 heavy (non-hydrogen) atoms. The lowest BCUT2D eigenvalue weighted by atomic mass is 10.1. The van der Waals surface area contributed by atoms with Gasteiger partial charge in [-0.1, -0.05) is 53.4 Å². The minimum Gasteiger partial charge on any atom is -0.481 e. The third kappa shape index (κ3) is 58.3.